The Bertz CT molecular complexity index is 112. The van der Waals surface area contributed by atoms with Gasteiger partial charge in [0.05, 0.1) is 6.10 Å². The Hall–Kier alpha value is 0.388. The smallest absolute Gasteiger partial charge is 0.0727 e. The number of rotatable bonds is 2. The van der Waals surface area contributed by atoms with E-state index >= 15 is 0 Å². The average Bonchev–Trinajstić information content (AvgIpc) is 2.17. The Kier molecular flexibility index (Phi) is 5.29. The molecule has 1 aliphatic rings. The summed E-state index contributed by atoms with van der Waals surface area (Å²) < 4.78 is 5.38. The van der Waals surface area contributed by atoms with Gasteiger partial charge in [0.25, 0.3) is 0 Å². The van der Waals surface area contributed by atoms with E-state index in [4.69, 9.17) is 4.74 Å². The summed E-state index contributed by atoms with van der Waals surface area (Å²) in [5.41, 5.74) is 0. The Morgan fingerprint density at radius 2 is 2.20 bits per heavy atom. The fourth-order valence-corrected chi connectivity index (χ4v) is 1.01. The molecule has 0 saturated carbocycles. The second kappa shape index (κ2) is 5.09. The first-order chi connectivity index (χ1) is 4.33. The molecular formula is C8H13OW-. The molecule has 0 N–H and O–H groups in total. The van der Waals surface area contributed by atoms with Crippen molar-refractivity contribution in [3.63, 3.8) is 0 Å². The molecule has 1 rings (SSSR count). The van der Waals surface area contributed by atoms with Crippen molar-refractivity contribution in [2.75, 3.05) is 0 Å². The predicted octanol–water partition coefficient (Wildman–Crippen LogP) is 1.94. The van der Waals surface area contributed by atoms with Gasteiger partial charge in [0.1, 0.15) is 0 Å². The number of hydrogen-bond donors (Lipinski definition) is 0. The molecule has 2 atom stereocenters. The van der Waals surface area contributed by atoms with Crippen molar-refractivity contribution in [3.05, 3.63) is 19.1 Å². The normalized spacial score (nSPS) is 30.2. The van der Waals surface area contributed by atoms with E-state index < -0.39 is 0 Å². The van der Waals surface area contributed by atoms with E-state index in [1.807, 2.05) is 6.08 Å². The first-order valence-electron chi connectivity index (χ1n) is 3.50. The minimum absolute atomic E-state index is 0. The summed E-state index contributed by atoms with van der Waals surface area (Å²) in [6, 6.07) is 0. The molecule has 0 unspecified atom stereocenters. The molecule has 0 aromatic carbocycles. The van der Waals surface area contributed by atoms with E-state index in [1.165, 1.54) is 6.42 Å². The second-order valence-corrected chi connectivity index (χ2v) is 2.39. The molecule has 0 bridgehead atoms. The summed E-state index contributed by atoms with van der Waals surface area (Å²) in [6.45, 7) is 5.92. The van der Waals surface area contributed by atoms with Crippen LogP contribution < -0.4 is 0 Å². The van der Waals surface area contributed by atoms with Crippen LogP contribution in [0.3, 0.4) is 0 Å². The molecule has 0 saturated heterocycles. The third kappa shape index (κ3) is 2.98. The van der Waals surface area contributed by atoms with E-state index in [-0.39, 0.29) is 27.2 Å². The molecular weight excluding hydrogens is 296 g/mol. The zero-order valence-corrected chi connectivity index (χ0v) is 9.18. The quantitative estimate of drug-likeness (QED) is 0.559. The van der Waals surface area contributed by atoms with Crippen molar-refractivity contribution in [1.82, 2.24) is 0 Å². The summed E-state index contributed by atoms with van der Waals surface area (Å²) in [7, 11) is 0. The molecule has 58 valence electrons. The van der Waals surface area contributed by atoms with Crippen molar-refractivity contribution in [3.8, 4) is 0 Å². The van der Waals surface area contributed by atoms with Crippen LogP contribution in [-0.2, 0) is 25.8 Å². The largest absolute Gasteiger partial charge is 0.399 e. The third-order valence-electron chi connectivity index (χ3n) is 1.46. The van der Waals surface area contributed by atoms with Crippen LogP contribution >= 0.6 is 0 Å². The van der Waals surface area contributed by atoms with Gasteiger partial charge in [-0.3, -0.25) is 0 Å². The van der Waals surface area contributed by atoms with Gasteiger partial charge >= 0.3 is 0 Å². The van der Waals surface area contributed by atoms with Gasteiger partial charge in [0.15, 0.2) is 0 Å². The van der Waals surface area contributed by atoms with Crippen LogP contribution in [0.1, 0.15) is 19.8 Å². The SMILES string of the molecule is [CH2-][C@@H]1C=C[C@H](CCC)O1.[W]. The molecule has 1 nitrogen and oxygen atoms in total. The third-order valence-corrected chi connectivity index (χ3v) is 1.46. The Labute approximate surface area is 77.1 Å². The minimum atomic E-state index is 0. The monoisotopic (exact) mass is 309 g/mol. The van der Waals surface area contributed by atoms with Crippen LogP contribution in [0.15, 0.2) is 12.2 Å². The van der Waals surface area contributed by atoms with Crippen molar-refractivity contribution >= 4 is 0 Å². The fraction of sp³-hybridized carbons (Fsp3) is 0.625. The molecule has 1 heterocycles. The van der Waals surface area contributed by atoms with Crippen LogP contribution in [-0.4, -0.2) is 12.2 Å². The van der Waals surface area contributed by atoms with Gasteiger partial charge in [-0.25, -0.2) is 0 Å². The number of ether oxygens (including phenoxy) is 1. The average molecular weight is 309 g/mol. The first kappa shape index (κ1) is 10.4. The Morgan fingerprint density at radius 1 is 1.50 bits per heavy atom. The molecule has 0 aliphatic carbocycles. The van der Waals surface area contributed by atoms with Gasteiger partial charge in [-0.2, -0.15) is 0 Å². The zero-order valence-electron chi connectivity index (χ0n) is 6.25. The van der Waals surface area contributed by atoms with Crippen LogP contribution in [0.5, 0.6) is 0 Å². The van der Waals surface area contributed by atoms with Gasteiger partial charge in [-0.15, -0.1) is 0 Å². The van der Waals surface area contributed by atoms with Crippen molar-refractivity contribution < 1.29 is 25.8 Å². The molecule has 0 aromatic heterocycles. The zero-order chi connectivity index (χ0) is 6.69. The first-order valence-corrected chi connectivity index (χ1v) is 3.50. The molecule has 0 aromatic rings. The van der Waals surface area contributed by atoms with Crippen LogP contribution in [0, 0.1) is 6.92 Å². The minimum Gasteiger partial charge on any atom is -0.399 e. The fourth-order valence-electron chi connectivity index (χ4n) is 1.01. The summed E-state index contributed by atoms with van der Waals surface area (Å²) in [4.78, 5) is 0. The summed E-state index contributed by atoms with van der Waals surface area (Å²) in [5.74, 6) is 0. The maximum absolute atomic E-state index is 5.38. The van der Waals surface area contributed by atoms with E-state index in [1.54, 1.807) is 0 Å². The molecule has 0 spiro atoms. The predicted molar refractivity (Wildman–Crippen MR) is 38.1 cm³/mol. The molecule has 0 amide bonds. The molecule has 1 aliphatic heterocycles. The van der Waals surface area contributed by atoms with Gasteiger partial charge in [0.2, 0.25) is 0 Å². The van der Waals surface area contributed by atoms with Crippen molar-refractivity contribution in [2.45, 2.75) is 32.0 Å². The van der Waals surface area contributed by atoms with E-state index in [2.05, 4.69) is 19.9 Å². The summed E-state index contributed by atoms with van der Waals surface area (Å²) in [5, 5.41) is 0. The maximum atomic E-state index is 5.38. The van der Waals surface area contributed by atoms with Crippen LogP contribution in [0.25, 0.3) is 0 Å². The standard InChI is InChI=1S/C8H13O.W/c1-3-4-8-6-5-7(2)9-8;/h5-8H,2-4H2,1H3;/q-1;/t7-,8+;/m1./s1. The number of hydrogen-bond acceptors (Lipinski definition) is 1. The van der Waals surface area contributed by atoms with Crippen LogP contribution in [0.2, 0.25) is 0 Å². The maximum Gasteiger partial charge on any atom is 0.0727 e. The molecule has 0 fully saturated rings. The van der Waals surface area contributed by atoms with Gasteiger partial charge < -0.3 is 11.7 Å². The topological polar surface area (TPSA) is 9.23 Å². The van der Waals surface area contributed by atoms with E-state index in [0.717, 1.165) is 6.42 Å². The van der Waals surface area contributed by atoms with E-state index in [9.17, 15) is 0 Å². The Balaban J connectivity index is 0.000000810. The summed E-state index contributed by atoms with van der Waals surface area (Å²) >= 11 is 0. The van der Waals surface area contributed by atoms with Gasteiger partial charge in [-0.05, 0) is 12.5 Å². The van der Waals surface area contributed by atoms with Crippen molar-refractivity contribution in [1.29, 1.82) is 0 Å². The molecule has 2 heteroatoms. The summed E-state index contributed by atoms with van der Waals surface area (Å²) in [6.07, 6.45) is 6.87. The van der Waals surface area contributed by atoms with E-state index in [0.29, 0.717) is 6.10 Å². The second-order valence-electron chi connectivity index (χ2n) is 2.39. The van der Waals surface area contributed by atoms with Gasteiger partial charge in [0, 0.05) is 21.1 Å². The Morgan fingerprint density at radius 3 is 2.60 bits per heavy atom. The van der Waals surface area contributed by atoms with Crippen LogP contribution in [0.4, 0.5) is 0 Å². The molecule has 10 heavy (non-hydrogen) atoms. The molecule has 0 radical (unpaired) electrons. The van der Waals surface area contributed by atoms with Gasteiger partial charge in [-0.1, -0.05) is 25.5 Å². The van der Waals surface area contributed by atoms with Crippen molar-refractivity contribution in [2.24, 2.45) is 0 Å².